The molecule has 10 heteroatoms. The monoisotopic (exact) mass is 461 g/mol. The molecule has 1 amide bonds. The van der Waals surface area contributed by atoms with Gasteiger partial charge in [-0.15, -0.1) is 11.3 Å². The van der Waals surface area contributed by atoms with Gasteiger partial charge in [0.25, 0.3) is 0 Å². The molecule has 4 heterocycles. The van der Waals surface area contributed by atoms with Crippen LogP contribution in [0, 0.1) is 11.3 Å². The molecule has 0 atom stereocenters. The molecule has 6 nitrogen and oxygen atoms in total. The van der Waals surface area contributed by atoms with Crippen molar-refractivity contribution in [3.8, 4) is 10.6 Å². The molecule has 2 aliphatic rings. The van der Waals surface area contributed by atoms with Gasteiger partial charge in [0.05, 0.1) is 27.0 Å². The van der Waals surface area contributed by atoms with Crippen LogP contribution >= 0.6 is 11.3 Å². The van der Waals surface area contributed by atoms with Gasteiger partial charge in [-0.05, 0) is 50.9 Å². The highest BCUT2D eigenvalue weighted by Crippen LogP contribution is 2.58. The van der Waals surface area contributed by atoms with E-state index in [0.717, 1.165) is 21.5 Å². The van der Waals surface area contributed by atoms with Crippen LogP contribution < -0.4 is 5.32 Å². The predicted molar refractivity (Wildman–Crippen MR) is 116 cm³/mol. The molecule has 1 saturated heterocycles. The van der Waals surface area contributed by atoms with Gasteiger partial charge in [-0.25, -0.2) is 9.97 Å². The summed E-state index contributed by atoms with van der Waals surface area (Å²) < 4.78 is 39.6. The van der Waals surface area contributed by atoms with Crippen molar-refractivity contribution < 1.29 is 18.0 Å². The lowest BCUT2D eigenvalue weighted by Gasteiger charge is -2.34. The van der Waals surface area contributed by atoms with Crippen LogP contribution in [0.3, 0.4) is 0 Å². The van der Waals surface area contributed by atoms with Crippen molar-refractivity contribution in [3.05, 3.63) is 36.1 Å². The van der Waals surface area contributed by atoms with Crippen molar-refractivity contribution in [2.24, 2.45) is 11.3 Å². The normalized spacial score (nSPS) is 19.2. The van der Waals surface area contributed by atoms with E-state index in [9.17, 15) is 18.0 Å². The Hall–Kier alpha value is -2.59. The minimum atomic E-state index is -4.14. The maximum Gasteiger partial charge on any atom is 0.395 e. The fourth-order valence-electron chi connectivity index (χ4n) is 4.26. The number of halogens is 3. The molecule has 3 aromatic heterocycles. The van der Waals surface area contributed by atoms with Crippen LogP contribution in [-0.2, 0) is 4.79 Å². The number of nitrogens with zero attached hydrogens (tertiary/aromatic N) is 4. The predicted octanol–water partition coefficient (Wildman–Crippen LogP) is 4.75. The number of alkyl halides is 3. The van der Waals surface area contributed by atoms with Gasteiger partial charge < -0.3 is 10.2 Å². The number of fused-ring (bicyclic) bond motifs is 1. The molecule has 32 heavy (non-hydrogen) atoms. The summed E-state index contributed by atoms with van der Waals surface area (Å²) in [5, 5.41) is 3.72. The standard InChI is InChI=1S/C22H22F3N5OS/c23-22(24,25)21(5-6-21)12-30-7-3-14(4-8-30)20(31)29-19-9-17-15(10-27-19)1-2-16(28-17)18-11-26-13-32-18/h1-2,9-11,13-14H,3-8,12H2,(H,27,29,31). The number of piperidine rings is 1. The average molecular weight is 462 g/mol. The highest BCUT2D eigenvalue weighted by molar-refractivity contribution is 7.13. The molecule has 5 rings (SSSR count). The summed E-state index contributed by atoms with van der Waals surface area (Å²) in [6.45, 7) is 1.05. The van der Waals surface area contributed by atoms with E-state index >= 15 is 0 Å². The Morgan fingerprint density at radius 2 is 2.00 bits per heavy atom. The summed E-state index contributed by atoms with van der Waals surface area (Å²) in [7, 11) is 0. The number of rotatable bonds is 5. The summed E-state index contributed by atoms with van der Waals surface area (Å²) in [5.41, 5.74) is 1.75. The number of hydrogen-bond acceptors (Lipinski definition) is 6. The van der Waals surface area contributed by atoms with Crippen LogP contribution in [0.2, 0.25) is 0 Å². The lowest BCUT2D eigenvalue weighted by molar-refractivity contribution is -0.192. The molecule has 0 unspecified atom stereocenters. The Morgan fingerprint density at radius 1 is 1.22 bits per heavy atom. The molecule has 0 aromatic carbocycles. The second kappa shape index (κ2) is 8.08. The van der Waals surface area contributed by atoms with Gasteiger partial charge in [-0.3, -0.25) is 9.78 Å². The number of aromatic nitrogens is 3. The smallest absolute Gasteiger partial charge is 0.310 e. The molecule has 1 aliphatic carbocycles. The number of carbonyl (C=O) groups is 1. The summed E-state index contributed by atoms with van der Waals surface area (Å²) in [5.74, 6) is 0.0428. The van der Waals surface area contributed by atoms with Gasteiger partial charge in [-0.2, -0.15) is 13.2 Å². The van der Waals surface area contributed by atoms with Gasteiger partial charge in [0, 0.05) is 36.3 Å². The van der Waals surface area contributed by atoms with E-state index < -0.39 is 11.6 Å². The highest BCUT2D eigenvalue weighted by atomic mass is 32.1. The highest BCUT2D eigenvalue weighted by Gasteiger charge is 2.63. The van der Waals surface area contributed by atoms with E-state index in [0.29, 0.717) is 31.7 Å². The Bertz CT molecular complexity index is 1120. The van der Waals surface area contributed by atoms with Gasteiger partial charge in [0.2, 0.25) is 5.91 Å². The van der Waals surface area contributed by atoms with Crippen LogP contribution in [0.25, 0.3) is 21.5 Å². The zero-order chi connectivity index (χ0) is 22.3. The van der Waals surface area contributed by atoms with Gasteiger partial charge >= 0.3 is 6.18 Å². The fourth-order valence-corrected chi connectivity index (χ4v) is 4.85. The molecule has 0 spiro atoms. The summed E-state index contributed by atoms with van der Waals surface area (Å²) in [4.78, 5) is 28.6. The van der Waals surface area contributed by atoms with E-state index in [-0.39, 0.29) is 31.2 Å². The van der Waals surface area contributed by atoms with Crippen molar-refractivity contribution in [2.45, 2.75) is 31.9 Å². The third-order valence-corrected chi connectivity index (χ3v) is 7.24. The number of pyridine rings is 2. The first kappa shape index (κ1) is 21.3. The zero-order valence-electron chi connectivity index (χ0n) is 17.2. The van der Waals surface area contributed by atoms with E-state index in [4.69, 9.17) is 0 Å². The molecule has 1 aliphatic heterocycles. The maximum absolute atomic E-state index is 13.2. The number of thiazole rings is 1. The molecule has 1 N–H and O–H groups in total. The number of nitrogens with one attached hydrogen (secondary N) is 1. The van der Waals surface area contributed by atoms with Gasteiger partial charge in [-0.1, -0.05) is 0 Å². The minimum absolute atomic E-state index is 0.0465. The van der Waals surface area contributed by atoms with E-state index in [1.165, 1.54) is 11.3 Å². The van der Waals surface area contributed by atoms with E-state index in [1.54, 1.807) is 24.0 Å². The Labute approximate surface area is 186 Å². The third-order valence-electron chi connectivity index (χ3n) is 6.45. The molecule has 2 fully saturated rings. The van der Waals surface area contributed by atoms with Crippen molar-refractivity contribution >= 4 is 34.0 Å². The number of likely N-dealkylation sites (tertiary alicyclic amines) is 1. The second-order valence-corrected chi connectivity index (χ2v) is 9.53. The average Bonchev–Trinajstić information content (AvgIpc) is 3.36. The molecule has 0 radical (unpaired) electrons. The Kier molecular flexibility index (Phi) is 5.37. The lowest BCUT2D eigenvalue weighted by Crippen LogP contribution is -2.44. The Morgan fingerprint density at radius 3 is 2.66 bits per heavy atom. The summed E-state index contributed by atoms with van der Waals surface area (Å²) in [6.07, 6.45) is 0.795. The van der Waals surface area contributed by atoms with Crippen molar-refractivity contribution in [3.63, 3.8) is 0 Å². The largest absolute Gasteiger partial charge is 0.395 e. The minimum Gasteiger partial charge on any atom is -0.310 e. The fraction of sp³-hybridized carbons (Fsp3) is 0.455. The molecule has 0 bridgehead atoms. The van der Waals surface area contributed by atoms with E-state index in [2.05, 4.69) is 20.3 Å². The maximum atomic E-state index is 13.2. The summed E-state index contributed by atoms with van der Waals surface area (Å²) >= 11 is 1.50. The second-order valence-electron chi connectivity index (χ2n) is 8.64. The quantitative estimate of drug-likeness (QED) is 0.594. The molecule has 1 saturated carbocycles. The SMILES string of the molecule is O=C(Nc1cc2nc(-c3cncs3)ccc2cn1)C1CCN(CC2(C(F)(F)F)CC2)CC1. The van der Waals surface area contributed by atoms with Gasteiger partial charge in [0.15, 0.2) is 0 Å². The topological polar surface area (TPSA) is 71.0 Å². The number of hydrogen-bond donors (Lipinski definition) is 1. The first-order valence-corrected chi connectivity index (χ1v) is 11.5. The van der Waals surface area contributed by atoms with Crippen LogP contribution in [0.5, 0.6) is 0 Å². The van der Waals surface area contributed by atoms with Crippen LogP contribution in [0.4, 0.5) is 19.0 Å². The van der Waals surface area contributed by atoms with E-state index in [1.807, 2.05) is 17.0 Å². The van der Waals surface area contributed by atoms with Crippen molar-refractivity contribution in [2.75, 3.05) is 25.0 Å². The first-order chi connectivity index (χ1) is 15.3. The number of amides is 1. The summed E-state index contributed by atoms with van der Waals surface area (Å²) in [6, 6.07) is 5.58. The Balaban J connectivity index is 1.21. The molecule has 3 aromatic rings. The van der Waals surface area contributed by atoms with Crippen molar-refractivity contribution in [1.82, 2.24) is 19.9 Å². The molecule has 168 valence electrons. The van der Waals surface area contributed by atoms with Crippen LogP contribution in [0.1, 0.15) is 25.7 Å². The zero-order valence-corrected chi connectivity index (χ0v) is 18.0. The van der Waals surface area contributed by atoms with Crippen molar-refractivity contribution in [1.29, 1.82) is 0 Å². The van der Waals surface area contributed by atoms with Crippen LogP contribution in [-0.4, -0.2) is 51.6 Å². The third kappa shape index (κ3) is 4.21. The number of carbonyl (C=O) groups excluding carboxylic acids is 1. The molecular formula is C22H22F3N5OS. The first-order valence-electron chi connectivity index (χ1n) is 10.6. The lowest BCUT2D eigenvalue weighted by atomic mass is 9.94. The van der Waals surface area contributed by atoms with Crippen LogP contribution in [0.15, 0.2) is 36.1 Å². The molecular weight excluding hydrogens is 439 g/mol. The van der Waals surface area contributed by atoms with Gasteiger partial charge in [0.1, 0.15) is 5.82 Å². The number of anilines is 1.